The molecule has 0 radical (unpaired) electrons. The Morgan fingerprint density at radius 3 is 2.71 bits per heavy atom. The summed E-state index contributed by atoms with van der Waals surface area (Å²) in [6, 6.07) is 10.9. The van der Waals surface area contributed by atoms with Gasteiger partial charge in [-0.15, -0.1) is 0 Å². The van der Waals surface area contributed by atoms with Crippen LogP contribution in [0.15, 0.2) is 30.3 Å². The molecule has 1 aliphatic heterocycles. The van der Waals surface area contributed by atoms with E-state index in [1.165, 1.54) is 19.4 Å². The van der Waals surface area contributed by atoms with Crippen LogP contribution in [0, 0.1) is 17.8 Å². The molecule has 1 fully saturated rings. The van der Waals surface area contributed by atoms with Crippen molar-refractivity contribution in [2.75, 3.05) is 13.1 Å². The summed E-state index contributed by atoms with van der Waals surface area (Å²) in [6.45, 7) is 6.75. The molecule has 1 heterocycles. The van der Waals surface area contributed by atoms with Crippen molar-refractivity contribution >= 4 is 0 Å². The van der Waals surface area contributed by atoms with Crippen LogP contribution < -0.4 is 0 Å². The molecule has 1 aliphatic rings. The number of nitrogens with zero attached hydrogens (tertiary/aromatic N) is 1. The van der Waals surface area contributed by atoms with Gasteiger partial charge in [-0.2, -0.15) is 0 Å². The maximum atomic E-state index is 3.30. The van der Waals surface area contributed by atoms with Crippen molar-refractivity contribution in [1.82, 2.24) is 4.90 Å². The summed E-state index contributed by atoms with van der Waals surface area (Å²) < 4.78 is 0. The van der Waals surface area contributed by atoms with E-state index in [2.05, 4.69) is 42.7 Å². The Kier molecular flexibility index (Phi) is 4.23. The molecule has 1 aromatic rings. The number of likely N-dealkylation sites (tertiary alicyclic amines) is 1. The summed E-state index contributed by atoms with van der Waals surface area (Å²) in [5.74, 6) is 7.36. The topological polar surface area (TPSA) is 3.24 Å². The number of hydrogen-bond acceptors (Lipinski definition) is 1. The third-order valence-corrected chi connectivity index (χ3v) is 3.54. The van der Waals surface area contributed by atoms with Gasteiger partial charge in [-0.05, 0) is 37.8 Å². The van der Waals surface area contributed by atoms with E-state index < -0.39 is 0 Å². The Balaban J connectivity index is 1.91. The van der Waals surface area contributed by atoms with E-state index in [-0.39, 0.29) is 0 Å². The molecule has 0 aromatic heterocycles. The lowest BCUT2D eigenvalue weighted by Crippen LogP contribution is -2.41. The van der Waals surface area contributed by atoms with Gasteiger partial charge in [0.15, 0.2) is 0 Å². The van der Waals surface area contributed by atoms with Crippen molar-refractivity contribution in [2.24, 2.45) is 5.92 Å². The Morgan fingerprint density at radius 2 is 1.94 bits per heavy atom. The van der Waals surface area contributed by atoms with Crippen LogP contribution in [-0.2, 0) is 0 Å². The van der Waals surface area contributed by atoms with Gasteiger partial charge in [-0.1, -0.05) is 37.0 Å². The van der Waals surface area contributed by atoms with Gasteiger partial charge in [0.05, 0.1) is 6.54 Å². The van der Waals surface area contributed by atoms with E-state index in [1.807, 2.05) is 18.2 Å². The smallest absolute Gasteiger partial charge is 0.0607 e. The molecular weight excluding hydrogens is 206 g/mol. The minimum atomic E-state index is 0.691. The fraction of sp³-hybridized carbons (Fsp3) is 0.500. The first-order chi connectivity index (χ1) is 8.25. The number of rotatable bonds is 1. The van der Waals surface area contributed by atoms with Gasteiger partial charge >= 0.3 is 0 Å². The lowest BCUT2D eigenvalue weighted by molar-refractivity contribution is 0.142. The van der Waals surface area contributed by atoms with E-state index in [1.54, 1.807) is 0 Å². The van der Waals surface area contributed by atoms with Crippen molar-refractivity contribution in [2.45, 2.75) is 32.7 Å². The number of hydrogen-bond donors (Lipinski definition) is 0. The van der Waals surface area contributed by atoms with E-state index >= 15 is 0 Å². The lowest BCUT2D eigenvalue weighted by Gasteiger charge is -2.35. The Bertz CT molecular complexity index is 399. The average Bonchev–Trinajstić information content (AvgIpc) is 2.35. The molecule has 1 heteroatoms. The van der Waals surface area contributed by atoms with Gasteiger partial charge in [-0.3, -0.25) is 4.90 Å². The molecule has 0 saturated carbocycles. The zero-order valence-electron chi connectivity index (χ0n) is 10.8. The summed E-state index contributed by atoms with van der Waals surface area (Å²) in [4.78, 5) is 2.50. The maximum absolute atomic E-state index is 3.30. The molecule has 1 aromatic carbocycles. The van der Waals surface area contributed by atoms with E-state index in [0.29, 0.717) is 6.04 Å². The predicted molar refractivity (Wildman–Crippen MR) is 72.8 cm³/mol. The molecule has 0 amide bonds. The minimum absolute atomic E-state index is 0.691. The summed E-state index contributed by atoms with van der Waals surface area (Å²) in [5.41, 5.74) is 1.12. The third kappa shape index (κ3) is 3.61. The van der Waals surface area contributed by atoms with Crippen LogP contribution in [0.1, 0.15) is 32.3 Å². The Morgan fingerprint density at radius 1 is 1.18 bits per heavy atom. The zero-order chi connectivity index (χ0) is 12.1. The molecule has 90 valence electrons. The zero-order valence-corrected chi connectivity index (χ0v) is 10.8. The molecule has 1 nitrogen and oxygen atoms in total. The number of piperidine rings is 1. The fourth-order valence-electron chi connectivity index (χ4n) is 2.36. The van der Waals surface area contributed by atoms with Crippen molar-refractivity contribution in [3.8, 4) is 11.8 Å². The van der Waals surface area contributed by atoms with Crippen LogP contribution in [-0.4, -0.2) is 24.0 Å². The van der Waals surface area contributed by atoms with Crippen molar-refractivity contribution in [3.63, 3.8) is 0 Å². The highest BCUT2D eigenvalue weighted by molar-refractivity contribution is 5.33. The molecule has 0 N–H and O–H groups in total. The van der Waals surface area contributed by atoms with Gasteiger partial charge in [-0.25, -0.2) is 0 Å². The molecule has 17 heavy (non-hydrogen) atoms. The van der Waals surface area contributed by atoms with E-state index in [0.717, 1.165) is 18.0 Å². The van der Waals surface area contributed by atoms with Gasteiger partial charge in [0.25, 0.3) is 0 Å². The highest BCUT2D eigenvalue weighted by Gasteiger charge is 2.21. The van der Waals surface area contributed by atoms with Crippen LogP contribution in [0.4, 0.5) is 0 Å². The first-order valence-corrected chi connectivity index (χ1v) is 6.53. The standard InChI is InChI=1S/C16H21N/c1-14-10-11-15(2)17(13-14)12-6-9-16-7-4-3-5-8-16/h3-5,7-8,14-15H,10-13H2,1-2H3/t14-,15+/m1/s1. The molecule has 0 spiro atoms. The van der Waals surface area contributed by atoms with Gasteiger partial charge < -0.3 is 0 Å². The largest absolute Gasteiger partial charge is 0.289 e. The summed E-state index contributed by atoms with van der Waals surface area (Å²) in [6.07, 6.45) is 2.68. The second-order valence-corrected chi connectivity index (χ2v) is 5.13. The maximum Gasteiger partial charge on any atom is 0.0607 e. The first kappa shape index (κ1) is 12.2. The van der Waals surface area contributed by atoms with E-state index in [4.69, 9.17) is 0 Å². The monoisotopic (exact) mass is 227 g/mol. The van der Waals surface area contributed by atoms with Crippen LogP contribution in [0.2, 0.25) is 0 Å². The molecule has 0 unspecified atom stereocenters. The lowest BCUT2D eigenvalue weighted by atomic mass is 9.95. The van der Waals surface area contributed by atoms with Crippen LogP contribution >= 0.6 is 0 Å². The van der Waals surface area contributed by atoms with Gasteiger partial charge in [0, 0.05) is 18.2 Å². The molecule has 2 atom stereocenters. The summed E-state index contributed by atoms with van der Waals surface area (Å²) in [7, 11) is 0. The molecule has 0 aliphatic carbocycles. The minimum Gasteiger partial charge on any atom is -0.289 e. The number of benzene rings is 1. The van der Waals surface area contributed by atoms with Crippen LogP contribution in [0.3, 0.4) is 0 Å². The van der Waals surface area contributed by atoms with Crippen molar-refractivity contribution < 1.29 is 0 Å². The van der Waals surface area contributed by atoms with Crippen molar-refractivity contribution in [1.29, 1.82) is 0 Å². The van der Waals surface area contributed by atoms with Crippen LogP contribution in [0.25, 0.3) is 0 Å². The van der Waals surface area contributed by atoms with Crippen molar-refractivity contribution in [3.05, 3.63) is 35.9 Å². The molecule has 2 rings (SSSR count). The normalized spacial score (nSPS) is 25.1. The fourth-order valence-corrected chi connectivity index (χ4v) is 2.36. The summed E-state index contributed by atoms with van der Waals surface area (Å²) in [5, 5.41) is 0. The van der Waals surface area contributed by atoms with E-state index in [9.17, 15) is 0 Å². The summed E-state index contributed by atoms with van der Waals surface area (Å²) >= 11 is 0. The Labute approximate surface area is 105 Å². The molecule has 0 bridgehead atoms. The predicted octanol–water partition coefficient (Wildman–Crippen LogP) is 3.16. The Hall–Kier alpha value is -1.26. The quantitative estimate of drug-likeness (QED) is 0.666. The SMILES string of the molecule is C[C@@H]1CC[C@H](C)N(CC#Cc2ccccc2)C1. The molecular formula is C16H21N. The van der Waals surface area contributed by atoms with Gasteiger partial charge in [0.1, 0.15) is 0 Å². The highest BCUT2D eigenvalue weighted by atomic mass is 15.2. The average molecular weight is 227 g/mol. The third-order valence-electron chi connectivity index (χ3n) is 3.54. The van der Waals surface area contributed by atoms with Gasteiger partial charge in [0.2, 0.25) is 0 Å². The van der Waals surface area contributed by atoms with Crippen LogP contribution in [0.5, 0.6) is 0 Å². The molecule has 1 saturated heterocycles. The second kappa shape index (κ2) is 5.89. The second-order valence-electron chi connectivity index (χ2n) is 5.13. The first-order valence-electron chi connectivity index (χ1n) is 6.53. The highest BCUT2D eigenvalue weighted by Crippen LogP contribution is 2.20.